The van der Waals surface area contributed by atoms with Crippen LogP contribution in [0.25, 0.3) is 55.8 Å². The Morgan fingerprint density at radius 1 is 0.935 bits per heavy atom. The van der Waals surface area contributed by atoms with Gasteiger partial charge in [-0.25, -0.2) is 4.98 Å². The number of furan rings is 1. The molecule has 2 N–H and O–H groups in total. The van der Waals surface area contributed by atoms with Crippen molar-refractivity contribution in [2.75, 3.05) is 7.11 Å². The lowest BCUT2D eigenvalue weighted by atomic mass is 10.0. The molecule has 0 amide bonds. The van der Waals surface area contributed by atoms with Crippen LogP contribution in [-0.4, -0.2) is 37.2 Å². The molecule has 6 aromatic rings. The molecule has 0 bridgehead atoms. The Kier molecular flexibility index (Phi) is 3.82. The molecule has 0 aliphatic rings. The summed E-state index contributed by atoms with van der Waals surface area (Å²) >= 11 is 0. The second-order valence-electron chi connectivity index (χ2n) is 7.10. The van der Waals surface area contributed by atoms with E-state index in [0.29, 0.717) is 11.6 Å². The molecule has 150 valence electrons. The van der Waals surface area contributed by atoms with Crippen molar-refractivity contribution >= 4 is 21.9 Å². The van der Waals surface area contributed by atoms with Crippen LogP contribution in [0.2, 0.25) is 0 Å². The van der Waals surface area contributed by atoms with Crippen molar-refractivity contribution in [3.63, 3.8) is 0 Å². The number of fused-ring (bicyclic) bond motifs is 2. The highest BCUT2D eigenvalue weighted by molar-refractivity contribution is 5.97. The smallest absolute Gasteiger partial charge is 0.159 e. The van der Waals surface area contributed by atoms with Gasteiger partial charge in [0.15, 0.2) is 5.82 Å². The Morgan fingerprint density at radius 3 is 2.77 bits per heavy atom. The number of pyridine rings is 2. The number of nitrogens with one attached hydrogen (secondary N) is 2. The van der Waals surface area contributed by atoms with Crippen molar-refractivity contribution in [1.82, 2.24) is 30.1 Å². The van der Waals surface area contributed by atoms with Gasteiger partial charge in [-0.15, -0.1) is 0 Å². The third kappa shape index (κ3) is 2.84. The van der Waals surface area contributed by atoms with Crippen LogP contribution in [0.4, 0.5) is 0 Å². The Hall–Kier alpha value is -4.46. The average Bonchev–Trinajstić information content (AvgIpc) is 3.57. The molecule has 0 unspecified atom stereocenters. The molecule has 1 aromatic carbocycles. The van der Waals surface area contributed by atoms with Crippen LogP contribution in [0.5, 0.6) is 5.75 Å². The molecule has 5 aromatic heterocycles. The van der Waals surface area contributed by atoms with E-state index >= 15 is 0 Å². The molecule has 0 saturated carbocycles. The summed E-state index contributed by atoms with van der Waals surface area (Å²) in [5, 5.41) is 8.57. The van der Waals surface area contributed by atoms with Crippen molar-refractivity contribution in [2.45, 2.75) is 0 Å². The molecule has 0 aliphatic carbocycles. The summed E-state index contributed by atoms with van der Waals surface area (Å²) in [4.78, 5) is 16.9. The molecule has 0 saturated heterocycles. The molecule has 0 atom stereocenters. The third-order valence-electron chi connectivity index (χ3n) is 5.26. The fourth-order valence-electron chi connectivity index (χ4n) is 3.72. The highest BCUT2D eigenvalue weighted by atomic mass is 16.5. The molecule has 0 radical (unpaired) electrons. The number of rotatable bonds is 4. The number of H-pyrrole nitrogens is 2. The fraction of sp³-hybridized carbons (Fsp3) is 0.0435. The standard InChI is InChI=1S/C23H16N6O2/c1-30-16-8-15(10-24-11-16)13-2-3-18-17(9-13)21(29-28-18)23-26-19-4-6-25-20(22(19)27-23)14-5-7-31-12-14/h2-12H,1H3,(H,26,27)(H,28,29). The zero-order chi connectivity index (χ0) is 20.8. The molecule has 8 nitrogen and oxygen atoms in total. The number of imidazole rings is 1. The molecule has 0 aliphatic heterocycles. The first-order chi connectivity index (χ1) is 15.3. The number of benzene rings is 1. The van der Waals surface area contributed by atoms with Crippen LogP contribution in [0.3, 0.4) is 0 Å². The Balaban J connectivity index is 1.50. The van der Waals surface area contributed by atoms with E-state index in [9.17, 15) is 0 Å². The monoisotopic (exact) mass is 408 g/mol. The van der Waals surface area contributed by atoms with Gasteiger partial charge in [-0.2, -0.15) is 5.10 Å². The molecular weight excluding hydrogens is 392 g/mol. The average molecular weight is 408 g/mol. The van der Waals surface area contributed by atoms with E-state index < -0.39 is 0 Å². The summed E-state index contributed by atoms with van der Waals surface area (Å²) in [6, 6.07) is 11.8. The number of ether oxygens (including phenoxy) is 1. The number of aromatic amines is 2. The molecule has 6 rings (SSSR count). The summed E-state index contributed by atoms with van der Waals surface area (Å²) in [5.41, 5.74) is 6.92. The van der Waals surface area contributed by atoms with Crippen LogP contribution < -0.4 is 4.74 Å². The van der Waals surface area contributed by atoms with Gasteiger partial charge in [0.25, 0.3) is 0 Å². The Labute approximate surface area is 176 Å². The first kappa shape index (κ1) is 17.4. The zero-order valence-electron chi connectivity index (χ0n) is 16.5. The molecule has 5 heterocycles. The van der Waals surface area contributed by atoms with Crippen LogP contribution in [0, 0.1) is 0 Å². The lowest BCUT2D eigenvalue weighted by molar-refractivity contribution is 0.413. The van der Waals surface area contributed by atoms with Crippen molar-refractivity contribution in [3.8, 4) is 39.7 Å². The summed E-state index contributed by atoms with van der Waals surface area (Å²) < 4.78 is 10.5. The summed E-state index contributed by atoms with van der Waals surface area (Å²) in [6.45, 7) is 0. The third-order valence-corrected chi connectivity index (χ3v) is 5.26. The van der Waals surface area contributed by atoms with Crippen molar-refractivity contribution in [3.05, 3.63) is 67.5 Å². The van der Waals surface area contributed by atoms with Crippen molar-refractivity contribution in [2.24, 2.45) is 0 Å². The lowest BCUT2D eigenvalue weighted by Crippen LogP contribution is -1.86. The number of hydrogen-bond donors (Lipinski definition) is 2. The Bertz CT molecular complexity index is 1530. The topological polar surface area (TPSA) is 106 Å². The quantitative estimate of drug-likeness (QED) is 0.433. The van der Waals surface area contributed by atoms with Gasteiger partial charge in [-0.05, 0) is 35.9 Å². The van der Waals surface area contributed by atoms with E-state index in [4.69, 9.17) is 14.1 Å². The van der Waals surface area contributed by atoms with Gasteiger partial charge in [0.1, 0.15) is 22.7 Å². The van der Waals surface area contributed by atoms with Crippen LogP contribution in [-0.2, 0) is 0 Å². The maximum absolute atomic E-state index is 5.31. The van der Waals surface area contributed by atoms with Gasteiger partial charge in [0.05, 0.1) is 36.9 Å². The molecular formula is C23H16N6O2. The minimum Gasteiger partial charge on any atom is -0.495 e. The van der Waals surface area contributed by atoms with Crippen molar-refractivity contribution in [1.29, 1.82) is 0 Å². The predicted molar refractivity (Wildman–Crippen MR) is 116 cm³/mol. The SMILES string of the molecule is COc1cncc(-c2ccc3[nH]nc(-c4nc5c(-c6ccoc6)nccc5[nH]4)c3c2)c1. The highest BCUT2D eigenvalue weighted by Gasteiger charge is 2.16. The van der Waals surface area contributed by atoms with E-state index in [2.05, 4.69) is 31.2 Å². The number of nitrogens with zero attached hydrogens (tertiary/aromatic N) is 4. The lowest BCUT2D eigenvalue weighted by Gasteiger charge is -2.04. The second kappa shape index (κ2) is 6.81. The van der Waals surface area contributed by atoms with Gasteiger partial charge >= 0.3 is 0 Å². The summed E-state index contributed by atoms with van der Waals surface area (Å²) in [7, 11) is 1.63. The largest absolute Gasteiger partial charge is 0.495 e. The van der Waals surface area contributed by atoms with Gasteiger partial charge in [0.2, 0.25) is 0 Å². The van der Waals surface area contributed by atoms with Crippen molar-refractivity contribution < 1.29 is 9.15 Å². The van der Waals surface area contributed by atoms with Gasteiger partial charge in [0, 0.05) is 28.9 Å². The molecule has 0 fully saturated rings. The normalized spacial score (nSPS) is 11.4. The molecule has 31 heavy (non-hydrogen) atoms. The number of aromatic nitrogens is 6. The first-order valence-electron chi connectivity index (χ1n) is 9.65. The Morgan fingerprint density at radius 2 is 1.90 bits per heavy atom. The van der Waals surface area contributed by atoms with Gasteiger partial charge in [-0.3, -0.25) is 15.1 Å². The van der Waals surface area contributed by atoms with E-state index in [1.54, 1.807) is 32.0 Å². The first-order valence-corrected chi connectivity index (χ1v) is 9.65. The van der Waals surface area contributed by atoms with E-state index in [0.717, 1.165) is 50.0 Å². The van der Waals surface area contributed by atoms with Gasteiger partial charge in [-0.1, -0.05) is 6.07 Å². The van der Waals surface area contributed by atoms with Crippen LogP contribution in [0.15, 0.2) is 71.9 Å². The predicted octanol–water partition coefficient (Wildman–Crippen LogP) is 4.83. The van der Waals surface area contributed by atoms with E-state index in [1.807, 2.05) is 36.5 Å². The summed E-state index contributed by atoms with van der Waals surface area (Å²) in [6.07, 6.45) is 8.54. The van der Waals surface area contributed by atoms with E-state index in [-0.39, 0.29) is 0 Å². The minimum absolute atomic E-state index is 0.667. The maximum Gasteiger partial charge on any atom is 0.159 e. The maximum atomic E-state index is 5.31. The van der Waals surface area contributed by atoms with Crippen LogP contribution in [0.1, 0.15) is 0 Å². The number of hydrogen-bond acceptors (Lipinski definition) is 6. The summed E-state index contributed by atoms with van der Waals surface area (Å²) in [5.74, 6) is 1.38. The number of methoxy groups -OCH3 is 1. The molecule has 0 spiro atoms. The fourth-order valence-corrected chi connectivity index (χ4v) is 3.72. The molecule has 8 heteroatoms. The zero-order valence-corrected chi connectivity index (χ0v) is 16.5. The van der Waals surface area contributed by atoms with Crippen LogP contribution >= 0.6 is 0 Å². The van der Waals surface area contributed by atoms with Gasteiger partial charge < -0.3 is 14.1 Å². The second-order valence-corrected chi connectivity index (χ2v) is 7.10. The highest BCUT2D eigenvalue weighted by Crippen LogP contribution is 2.32. The van der Waals surface area contributed by atoms with E-state index in [1.165, 1.54) is 0 Å². The minimum atomic E-state index is 0.667.